The Hall–Kier alpha value is -2.25. The van der Waals surface area contributed by atoms with Crippen molar-refractivity contribution in [2.45, 2.75) is 31.0 Å². The van der Waals surface area contributed by atoms with Crippen LogP contribution in [0.1, 0.15) is 40.9 Å². The van der Waals surface area contributed by atoms with Gasteiger partial charge in [-0.05, 0) is 63.4 Å². The van der Waals surface area contributed by atoms with Crippen LogP contribution in [0.5, 0.6) is 0 Å². The average Bonchev–Trinajstić information content (AvgIpc) is 3.42. The van der Waals surface area contributed by atoms with Gasteiger partial charge in [0.1, 0.15) is 11.5 Å². The Labute approximate surface area is 162 Å². The standard InChI is InChI=1S/C20H24N4O2S/c1-14-8-9-17(26-14)16(23-10-5-6-11-23)13-21-19(25)18-15-7-3-4-12-24(15)20(22-18)27-2/h3-4,7-9,12,16H,5-6,10-11,13H2,1-2H3,(H,21,25). The zero-order valence-electron chi connectivity index (χ0n) is 15.6. The Morgan fingerprint density at radius 1 is 1.30 bits per heavy atom. The van der Waals surface area contributed by atoms with Gasteiger partial charge >= 0.3 is 0 Å². The third-order valence-electron chi connectivity index (χ3n) is 5.04. The molecule has 0 aromatic carbocycles. The van der Waals surface area contributed by atoms with E-state index >= 15 is 0 Å². The Kier molecular flexibility index (Phi) is 5.22. The molecule has 1 atom stereocenters. The van der Waals surface area contributed by atoms with E-state index in [0.29, 0.717) is 12.2 Å². The molecular weight excluding hydrogens is 360 g/mol. The summed E-state index contributed by atoms with van der Waals surface area (Å²) < 4.78 is 7.82. The lowest BCUT2D eigenvalue weighted by Gasteiger charge is -2.25. The van der Waals surface area contributed by atoms with Gasteiger partial charge in [-0.2, -0.15) is 0 Å². The van der Waals surface area contributed by atoms with Crippen LogP contribution in [0.25, 0.3) is 5.52 Å². The van der Waals surface area contributed by atoms with E-state index in [1.165, 1.54) is 24.6 Å². The van der Waals surface area contributed by atoms with Crippen LogP contribution < -0.4 is 5.32 Å². The highest BCUT2D eigenvalue weighted by atomic mass is 32.2. The molecule has 7 heteroatoms. The van der Waals surface area contributed by atoms with Crippen LogP contribution in [0.15, 0.2) is 46.1 Å². The molecule has 142 valence electrons. The molecule has 3 aromatic rings. The number of carbonyl (C=O) groups excluding carboxylic acids is 1. The summed E-state index contributed by atoms with van der Waals surface area (Å²) >= 11 is 1.53. The number of hydrogen-bond donors (Lipinski definition) is 1. The molecule has 1 amide bonds. The van der Waals surface area contributed by atoms with Crippen molar-refractivity contribution < 1.29 is 9.21 Å². The molecule has 6 nitrogen and oxygen atoms in total. The third-order valence-corrected chi connectivity index (χ3v) is 5.69. The van der Waals surface area contributed by atoms with Gasteiger partial charge in [-0.1, -0.05) is 17.8 Å². The maximum Gasteiger partial charge on any atom is 0.272 e. The van der Waals surface area contributed by atoms with Gasteiger partial charge in [-0.25, -0.2) is 4.98 Å². The van der Waals surface area contributed by atoms with Crippen molar-refractivity contribution in [2.24, 2.45) is 0 Å². The number of nitrogens with one attached hydrogen (secondary N) is 1. The SMILES string of the molecule is CSc1nc(C(=O)NCC(c2ccc(C)o2)N2CCCC2)c2ccccn12. The molecule has 1 unspecified atom stereocenters. The highest BCUT2D eigenvalue weighted by Gasteiger charge is 2.27. The fraction of sp³-hybridized carbons (Fsp3) is 0.400. The zero-order chi connectivity index (χ0) is 18.8. The van der Waals surface area contributed by atoms with Crippen LogP contribution in [0.2, 0.25) is 0 Å². The topological polar surface area (TPSA) is 62.8 Å². The minimum Gasteiger partial charge on any atom is -0.465 e. The minimum atomic E-state index is -0.147. The lowest BCUT2D eigenvalue weighted by atomic mass is 10.2. The second kappa shape index (κ2) is 7.78. The number of furan rings is 1. The number of hydrogen-bond acceptors (Lipinski definition) is 5. The van der Waals surface area contributed by atoms with Crippen LogP contribution in [0.3, 0.4) is 0 Å². The summed E-state index contributed by atoms with van der Waals surface area (Å²) in [5, 5.41) is 3.90. The molecule has 1 saturated heterocycles. The molecule has 3 aromatic heterocycles. The quantitative estimate of drug-likeness (QED) is 0.659. The van der Waals surface area contributed by atoms with Gasteiger partial charge in [0, 0.05) is 12.7 Å². The molecule has 1 N–H and O–H groups in total. The highest BCUT2D eigenvalue weighted by molar-refractivity contribution is 7.98. The smallest absolute Gasteiger partial charge is 0.272 e. The normalized spacial score (nSPS) is 16.1. The number of imidazole rings is 1. The van der Waals surface area contributed by atoms with Gasteiger partial charge in [0.15, 0.2) is 10.9 Å². The Morgan fingerprint density at radius 3 is 2.81 bits per heavy atom. The molecule has 1 aliphatic rings. The van der Waals surface area contributed by atoms with Crippen LogP contribution in [0, 0.1) is 6.92 Å². The molecule has 0 aliphatic carbocycles. The van der Waals surface area contributed by atoms with E-state index in [-0.39, 0.29) is 11.9 Å². The first-order valence-electron chi connectivity index (χ1n) is 9.27. The number of pyridine rings is 1. The second-order valence-electron chi connectivity index (χ2n) is 6.82. The van der Waals surface area contributed by atoms with Crippen molar-refractivity contribution in [3.05, 3.63) is 53.7 Å². The highest BCUT2D eigenvalue weighted by Crippen LogP contribution is 2.26. The first-order valence-corrected chi connectivity index (χ1v) is 10.5. The van der Waals surface area contributed by atoms with E-state index < -0.39 is 0 Å². The van der Waals surface area contributed by atoms with Gasteiger partial charge in [0.25, 0.3) is 5.91 Å². The number of rotatable bonds is 6. The lowest BCUT2D eigenvalue weighted by molar-refractivity contribution is 0.0930. The molecule has 0 bridgehead atoms. The Bertz CT molecular complexity index is 943. The van der Waals surface area contributed by atoms with E-state index in [1.54, 1.807) is 0 Å². The maximum atomic E-state index is 12.9. The number of amides is 1. The van der Waals surface area contributed by atoms with Gasteiger partial charge in [-0.3, -0.25) is 14.1 Å². The summed E-state index contributed by atoms with van der Waals surface area (Å²) in [5.41, 5.74) is 1.29. The predicted octanol–water partition coefficient (Wildman–Crippen LogP) is 3.52. The number of aryl methyl sites for hydroxylation is 1. The minimum absolute atomic E-state index is 0.0547. The van der Waals surface area contributed by atoms with E-state index in [4.69, 9.17) is 4.42 Å². The molecule has 1 fully saturated rings. The molecule has 1 aliphatic heterocycles. The van der Waals surface area contributed by atoms with Crippen molar-refractivity contribution >= 4 is 23.2 Å². The van der Waals surface area contributed by atoms with Crippen molar-refractivity contribution in [2.75, 3.05) is 25.9 Å². The number of aromatic nitrogens is 2. The third kappa shape index (κ3) is 3.61. The fourth-order valence-electron chi connectivity index (χ4n) is 3.69. The van der Waals surface area contributed by atoms with Crippen LogP contribution in [-0.4, -0.2) is 46.1 Å². The average molecular weight is 385 g/mol. The van der Waals surface area contributed by atoms with Crippen LogP contribution >= 0.6 is 11.8 Å². The molecule has 27 heavy (non-hydrogen) atoms. The van der Waals surface area contributed by atoms with Crippen molar-refractivity contribution in [3.8, 4) is 0 Å². The first-order chi connectivity index (χ1) is 13.2. The maximum absolute atomic E-state index is 12.9. The number of carbonyl (C=O) groups is 1. The lowest BCUT2D eigenvalue weighted by Crippen LogP contribution is -2.36. The summed E-state index contributed by atoms with van der Waals surface area (Å²) in [4.78, 5) is 19.8. The van der Waals surface area contributed by atoms with Crippen LogP contribution in [-0.2, 0) is 0 Å². The van der Waals surface area contributed by atoms with E-state index in [2.05, 4.69) is 15.2 Å². The summed E-state index contributed by atoms with van der Waals surface area (Å²) in [5.74, 6) is 1.66. The summed E-state index contributed by atoms with van der Waals surface area (Å²) in [6, 6.07) is 9.85. The first kappa shape index (κ1) is 18.1. The van der Waals surface area contributed by atoms with Gasteiger partial charge < -0.3 is 9.73 Å². The molecule has 0 spiro atoms. The number of likely N-dealkylation sites (tertiary alicyclic amines) is 1. The summed E-state index contributed by atoms with van der Waals surface area (Å²) in [7, 11) is 0. The van der Waals surface area contributed by atoms with Gasteiger partial charge in [0.05, 0.1) is 11.6 Å². The molecule has 0 radical (unpaired) electrons. The zero-order valence-corrected chi connectivity index (χ0v) is 16.5. The number of fused-ring (bicyclic) bond motifs is 1. The number of thioether (sulfide) groups is 1. The monoisotopic (exact) mass is 384 g/mol. The van der Waals surface area contributed by atoms with E-state index in [0.717, 1.165) is 35.3 Å². The van der Waals surface area contributed by atoms with Crippen molar-refractivity contribution in [3.63, 3.8) is 0 Å². The molecular formula is C20H24N4O2S. The van der Waals surface area contributed by atoms with E-state index in [9.17, 15) is 4.79 Å². The summed E-state index contributed by atoms with van der Waals surface area (Å²) in [6.07, 6.45) is 6.27. The molecule has 0 saturated carbocycles. The summed E-state index contributed by atoms with van der Waals surface area (Å²) in [6.45, 7) is 4.52. The molecule has 4 heterocycles. The van der Waals surface area contributed by atoms with E-state index in [1.807, 2.05) is 54.1 Å². The van der Waals surface area contributed by atoms with Gasteiger partial charge in [0.2, 0.25) is 0 Å². The van der Waals surface area contributed by atoms with Gasteiger partial charge in [-0.15, -0.1) is 0 Å². The van der Waals surface area contributed by atoms with Crippen molar-refractivity contribution in [1.82, 2.24) is 19.6 Å². The second-order valence-corrected chi connectivity index (χ2v) is 7.59. The van der Waals surface area contributed by atoms with Crippen molar-refractivity contribution in [1.29, 1.82) is 0 Å². The molecule has 4 rings (SSSR count). The Morgan fingerprint density at radius 2 is 2.11 bits per heavy atom. The largest absolute Gasteiger partial charge is 0.465 e. The van der Waals surface area contributed by atoms with Crippen LogP contribution in [0.4, 0.5) is 0 Å². The predicted molar refractivity (Wildman–Crippen MR) is 106 cm³/mol. The fourth-order valence-corrected chi connectivity index (χ4v) is 4.23. The number of nitrogens with zero attached hydrogens (tertiary/aromatic N) is 3. The Balaban J connectivity index is 1.55.